The molecule has 0 bridgehead atoms. The molecule has 31 heavy (non-hydrogen) atoms. The fraction of sp³-hybridized carbons (Fsp3) is 0.333. The SMILES string of the molecule is CCN(CC)CC[n+]1cnc2c(c1N)[C@H](c1ccccc1OC)c1ccc(O)cc1O2. The lowest BCUT2D eigenvalue weighted by Crippen LogP contribution is -2.44. The zero-order valence-electron chi connectivity index (χ0n) is 18.2. The van der Waals surface area contributed by atoms with E-state index in [9.17, 15) is 5.11 Å². The van der Waals surface area contributed by atoms with Crippen LogP contribution in [0.25, 0.3) is 0 Å². The second kappa shape index (κ2) is 8.81. The van der Waals surface area contributed by atoms with E-state index in [0.29, 0.717) is 17.4 Å². The number of phenolic OH excluding ortho intramolecular Hbond substituents is 1. The number of para-hydroxylation sites is 1. The minimum absolute atomic E-state index is 0.138. The van der Waals surface area contributed by atoms with Crippen LogP contribution in [-0.2, 0) is 6.54 Å². The molecule has 0 fully saturated rings. The van der Waals surface area contributed by atoms with Gasteiger partial charge in [-0.25, -0.2) is 4.57 Å². The maximum absolute atomic E-state index is 10.0. The van der Waals surface area contributed by atoms with Crippen LogP contribution >= 0.6 is 0 Å². The molecule has 2 aromatic carbocycles. The van der Waals surface area contributed by atoms with E-state index in [2.05, 4.69) is 23.7 Å². The largest absolute Gasteiger partial charge is 0.508 e. The average Bonchev–Trinajstić information content (AvgIpc) is 2.79. The number of rotatable bonds is 7. The molecule has 0 radical (unpaired) electrons. The summed E-state index contributed by atoms with van der Waals surface area (Å²) in [5.74, 6) is 2.30. The smallest absolute Gasteiger partial charge is 0.306 e. The van der Waals surface area contributed by atoms with E-state index in [1.807, 2.05) is 34.9 Å². The van der Waals surface area contributed by atoms with Crippen LogP contribution in [0, 0.1) is 0 Å². The highest BCUT2D eigenvalue weighted by Crippen LogP contribution is 2.50. The summed E-state index contributed by atoms with van der Waals surface area (Å²) in [6.07, 6.45) is 1.73. The topological polar surface area (TPSA) is 84.7 Å². The molecule has 3 N–H and O–H groups in total. The number of benzene rings is 2. The Labute approximate surface area is 182 Å². The highest BCUT2D eigenvalue weighted by molar-refractivity contribution is 5.63. The second-order valence-corrected chi connectivity index (χ2v) is 7.57. The predicted molar refractivity (Wildman–Crippen MR) is 119 cm³/mol. The van der Waals surface area contributed by atoms with E-state index in [1.165, 1.54) is 0 Å². The molecule has 0 spiro atoms. The number of hydrogen-bond acceptors (Lipinski definition) is 6. The summed E-state index contributed by atoms with van der Waals surface area (Å²) in [6, 6.07) is 13.0. The fourth-order valence-electron chi connectivity index (χ4n) is 4.18. The van der Waals surface area contributed by atoms with Crippen molar-refractivity contribution in [3.05, 3.63) is 65.5 Å². The number of methoxy groups -OCH3 is 1. The van der Waals surface area contributed by atoms with Crippen molar-refractivity contribution in [3.8, 4) is 23.1 Å². The molecule has 2 heterocycles. The number of ether oxygens (including phenoxy) is 2. The Kier molecular flexibility index (Phi) is 5.95. The molecule has 7 heteroatoms. The van der Waals surface area contributed by atoms with Gasteiger partial charge in [0.25, 0.3) is 0 Å². The van der Waals surface area contributed by atoms with Gasteiger partial charge in [0.1, 0.15) is 22.8 Å². The van der Waals surface area contributed by atoms with Crippen LogP contribution in [0.2, 0.25) is 0 Å². The molecule has 1 aromatic heterocycles. The van der Waals surface area contributed by atoms with Gasteiger partial charge >= 0.3 is 5.88 Å². The predicted octanol–water partition coefficient (Wildman–Crippen LogP) is 3.29. The van der Waals surface area contributed by atoms with Crippen molar-refractivity contribution in [3.63, 3.8) is 0 Å². The second-order valence-electron chi connectivity index (χ2n) is 7.57. The molecule has 0 aliphatic carbocycles. The summed E-state index contributed by atoms with van der Waals surface area (Å²) >= 11 is 0. The highest BCUT2D eigenvalue weighted by Gasteiger charge is 2.37. The van der Waals surface area contributed by atoms with Crippen molar-refractivity contribution in [2.24, 2.45) is 0 Å². The third-order valence-electron chi connectivity index (χ3n) is 5.94. The zero-order chi connectivity index (χ0) is 22.0. The summed E-state index contributed by atoms with van der Waals surface area (Å²) in [4.78, 5) is 6.93. The number of fused-ring (bicyclic) bond motifs is 2. The van der Waals surface area contributed by atoms with Crippen LogP contribution in [0.1, 0.15) is 36.5 Å². The number of aromatic nitrogens is 2. The van der Waals surface area contributed by atoms with E-state index < -0.39 is 0 Å². The maximum Gasteiger partial charge on any atom is 0.306 e. The van der Waals surface area contributed by atoms with Gasteiger partial charge in [0.05, 0.1) is 19.6 Å². The van der Waals surface area contributed by atoms with Gasteiger partial charge in [-0.15, -0.1) is 0 Å². The number of phenols is 1. The van der Waals surface area contributed by atoms with Crippen LogP contribution < -0.4 is 19.8 Å². The number of aromatic hydroxyl groups is 1. The van der Waals surface area contributed by atoms with E-state index in [0.717, 1.165) is 48.6 Å². The number of anilines is 1. The first kappa shape index (κ1) is 20.9. The molecular weight excluding hydrogens is 392 g/mol. The first-order chi connectivity index (χ1) is 15.1. The standard InChI is InChI=1S/C24H28N4O3/c1-4-27(5-2)12-13-28-15-26-24-22(23(28)25)21(17-8-6-7-9-19(17)30-3)18-11-10-16(29)14-20(18)31-24/h6-11,14-15,21,25,29H,4-5,12-13H2,1-3H3/p+1/t21-/m1/s1. The van der Waals surface area contributed by atoms with Gasteiger partial charge in [-0.05, 0) is 25.2 Å². The normalized spacial score (nSPS) is 14.6. The van der Waals surface area contributed by atoms with E-state index >= 15 is 0 Å². The highest BCUT2D eigenvalue weighted by atomic mass is 16.5. The zero-order valence-corrected chi connectivity index (χ0v) is 18.2. The minimum atomic E-state index is -0.232. The summed E-state index contributed by atoms with van der Waals surface area (Å²) in [6.45, 7) is 7.89. The Balaban J connectivity index is 1.86. The average molecular weight is 422 g/mol. The summed E-state index contributed by atoms with van der Waals surface area (Å²) in [5, 5.41) is 10.0. The van der Waals surface area contributed by atoms with Crippen LogP contribution in [0.4, 0.5) is 5.82 Å². The molecule has 0 saturated carbocycles. The van der Waals surface area contributed by atoms with Crippen molar-refractivity contribution in [2.45, 2.75) is 26.3 Å². The fourth-order valence-corrected chi connectivity index (χ4v) is 4.18. The van der Waals surface area contributed by atoms with Gasteiger partial charge in [-0.1, -0.05) is 43.1 Å². The number of nitrogens with two attached hydrogens (primary N) is 1. The van der Waals surface area contributed by atoms with Crippen LogP contribution in [0.3, 0.4) is 0 Å². The molecule has 1 atom stereocenters. The Bertz CT molecular complexity index is 1080. The Morgan fingerprint density at radius 2 is 1.94 bits per heavy atom. The Hall–Kier alpha value is -3.32. The number of nitrogen functional groups attached to an aromatic ring is 1. The molecule has 1 aliphatic rings. The molecular formula is C24H29N4O3+. The number of nitrogens with zero attached hydrogens (tertiary/aromatic N) is 3. The molecule has 0 amide bonds. The third kappa shape index (κ3) is 3.88. The van der Waals surface area contributed by atoms with Crippen molar-refractivity contribution in [2.75, 3.05) is 32.5 Å². The maximum atomic E-state index is 10.0. The monoisotopic (exact) mass is 421 g/mol. The lowest BCUT2D eigenvalue weighted by molar-refractivity contribution is -0.685. The van der Waals surface area contributed by atoms with Gasteiger partial charge in [0, 0.05) is 23.7 Å². The Morgan fingerprint density at radius 3 is 2.68 bits per heavy atom. The van der Waals surface area contributed by atoms with Crippen molar-refractivity contribution in [1.82, 2.24) is 9.88 Å². The lowest BCUT2D eigenvalue weighted by Gasteiger charge is -2.28. The number of likely N-dealkylation sites (N-methyl/N-ethyl adjacent to an activating group) is 1. The minimum Gasteiger partial charge on any atom is -0.508 e. The summed E-state index contributed by atoms with van der Waals surface area (Å²) in [5.41, 5.74) is 9.40. The van der Waals surface area contributed by atoms with Gasteiger partial charge in [-0.3, -0.25) is 0 Å². The van der Waals surface area contributed by atoms with Crippen molar-refractivity contribution >= 4 is 5.82 Å². The van der Waals surface area contributed by atoms with Gasteiger partial charge in [0.2, 0.25) is 12.1 Å². The summed E-state index contributed by atoms with van der Waals surface area (Å²) < 4.78 is 13.7. The van der Waals surface area contributed by atoms with Crippen LogP contribution in [0.5, 0.6) is 23.1 Å². The molecule has 0 unspecified atom stereocenters. The molecule has 3 aromatic rings. The van der Waals surface area contributed by atoms with E-state index in [-0.39, 0.29) is 11.7 Å². The molecule has 0 saturated heterocycles. The third-order valence-corrected chi connectivity index (χ3v) is 5.94. The first-order valence-corrected chi connectivity index (χ1v) is 10.6. The van der Waals surface area contributed by atoms with Crippen molar-refractivity contribution < 1.29 is 19.1 Å². The molecule has 4 rings (SSSR count). The molecule has 1 aliphatic heterocycles. The van der Waals surface area contributed by atoms with Crippen molar-refractivity contribution in [1.29, 1.82) is 0 Å². The first-order valence-electron chi connectivity index (χ1n) is 10.6. The number of hydrogen-bond donors (Lipinski definition) is 2. The van der Waals surface area contributed by atoms with Gasteiger partial charge < -0.3 is 25.2 Å². The summed E-state index contributed by atoms with van der Waals surface area (Å²) in [7, 11) is 1.66. The molecule has 7 nitrogen and oxygen atoms in total. The van der Waals surface area contributed by atoms with E-state index in [4.69, 9.17) is 15.2 Å². The quantitative estimate of drug-likeness (QED) is 0.446. The van der Waals surface area contributed by atoms with Gasteiger partial charge in [-0.2, -0.15) is 0 Å². The van der Waals surface area contributed by atoms with Crippen LogP contribution in [0.15, 0.2) is 48.8 Å². The Morgan fingerprint density at radius 1 is 1.16 bits per heavy atom. The van der Waals surface area contributed by atoms with E-state index in [1.54, 1.807) is 25.6 Å². The molecule has 162 valence electrons. The van der Waals surface area contributed by atoms with Gasteiger partial charge in [0.15, 0.2) is 0 Å². The van der Waals surface area contributed by atoms with Crippen LogP contribution in [-0.4, -0.2) is 41.7 Å². The lowest BCUT2D eigenvalue weighted by atomic mass is 9.83.